The Morgan fingerprint density at radius 3 is 3.11 bits per heavy atom. The predicted octanol–water partition coefficient (Wildman–Crippen LogP) is 1.62. The number of hydrogen-bond acceptors (Lipinski definition) is 4. The Bertz CT molecular complexity index is 459. The second kappa shape index (κ2) is 5.12. The van der Waals surface area contributed by atoms with E-state index in [-0.39, 0.29) is 16.6 Å². The molecule has 3 N–H and O–H groups in total. The fraction of sp³-hybridized carbons (Fsp3) is 0.500. The number of amides is 1. The fourth-order valence-electron chi connectivity index (χ4n) is 2.00. The lowest BCUT2D eigenvalue weighted by Gasteiger charge is -2.34. The number of hydrogen-bond donors (Lipinski definition) is 2. The van der Waals surface area contributed by atoms with Crippen LogP contribution in [0, 0.1) is 0 Å². The zero-order chi connectivity index (χ0) is 13.2. The highest BCUT2D eigenvalue weighted by molar-refractivity contribution is 6.32. The Morgan fingerprint density at radius 2 is 2.44 bits per heavy atom. The molecule has 1 aliphatic rings. The van der Waals surface area contributed by atoms with E-state index in [1.165, 1.54) is 12.3 Å². The molecule has 1 aromatic heterocycles. The molecule has 1 atom stereocenters. The summed E-state index contributed by atoms with van der Waals surface area (Å²) in [6.45, 7) is 3.20. The van der Waals surface area contributed by atoms with Crippen molar-refractivity contribution in [1.29, 1.82) is 0 Å². The Labute approximate surface area is 111 Å². The van der Waals surface area contributed by atoms with E-state index < -0.39 is 0 Å². The van der Waals surface area contributed by atoms with E-state index in [1.54, 1.807) is 0 Å². The summed E-state index contributed by atoms with van der Waals surface area (Å²) in [5, 5.41) is 3.09. The first-order valence-corrected chi connectivity index (χ1v) is 6.19. The molecule has 1 amide bonds. The van der Waals surface area contributed by atoms with Gasteiger partial charge in [0.2, 0.25) is 0 Å². The van der Waals surface area contributed by atoms with Crippen molar-refractivity contribution in [3.05, 3.63) is 23.0 Å². The minimum absolute atomic E-state index is 0.155. The molecule has 0 bridgehead atoms. The van der Waals surface area contributed by atoms with Crippen molar-refractivity contribution in [3.63, 3.8) is 0 Å². The van der Waals surface area contributed by atoms with Crippen LogP contribution in [0.25, 0.3) is 0 Å². The average Bonchev–Trinajstić information content (AvgIpc) is 2.32. The smallest absolute Gasteiger partial charge is 0.254 e. The first-order chi connectivity index (χ1) is 8.50. The lowest BCUT2D eigenvalue weighted by Crippen LogP contribution is -2.51. The first kappa shape index (κ1) is 13.1. The van der Waals surface area contributed by atoms with Crippen LogP contribution in [0.3, 0.4) is 0 Å². The summed E-state index contributed by atoms with van der Waals surface area (Å²) in [6, 6.07) is 1.53. The zero-order valence-electron chi connectivity index (χ0n) is 10.2. The lowest BCUT2D eigenvalue weighted by molar-refractivity contribution is 0.0272. The largest absolute Gasteiger partial charge is 0.397 e. The SMILES string of the molecule is CC1(NC(=O)c2cc(N)cnc2Cl)CCCOC1. The molecule has 1 aliphatic heterocycles. The molecule has 1 fully saturated rings. The number of carbonyl (C=O) groups excluding carboxylic acids is 1. The number of aromatic nitrogens is 1. The highest BCUT2D eigenvalue weighted by Gasteiger charge is 2.30. The molecule has 2 heterocycles. The molecule has 6 heteroatoms. The number of halogens is 1. The van der Waals surface area contributed by atoms with Crippen LogP contribution in [0.1, 0.15) is 30.1 Å². The Kier molecular flexibility index (Phi) is 3.73. The first-order valence-electron chi connectivity index (χ1n) is 5.81. The molecule has 5 nitrogen and oxygen atoms in total. The number of nitrogens with two attached hydrogens (primary N) is 1. The highest BCUT2D eigenvalue weighted by atomic mass is 35.5. The summed E-state index contributed by atoms with van der Waals surface area (Å²) in [4.78, 5) is 16.0. The van der Waals surface area contributed by atoms with E-state index in [4.69, 9.17) is 22.1 Å². The molecule has 0 aromatic carbocycles. The van der Waals surface area contributed by atoms with Crippen LogP contribution in [-0.4, -0.2) is 29.6 Å². The third-order valence-electron chi connectivity index (χ3n) is 2.96. The number of ether oxygens (including phenoxy) is 1. The molecular weight excluding hydrogens is 254 g/mol. The molecule has 98 valence electrons. The van der Waals surface area contributed by atoms with Gasteiger partial charge in [-0.1, -0.05) is 11.6 Å². The molecule has 18 heavy (non-hydrogen) atoms. The standard InChI is InChI=1S/C12H16ClN3O2/c1-12(3-2-4-18-7-12)16-11(17)9-5-8(14)6-15-10(9)13/h5-6H,2-4,7,14H2,1H3,(H,16,17). The van der Waals surface area contributed by atoms with E-state index in [0.29, 0.717) is 17.9 Å². The van der Waals surface area contributed by atoms with Gasteiger partial charge in [0.1, 0.15) is 5.15 Å². The third-order valence-corrected chi connectivity index (χ3v) is 3.26. The molecular formula is C12H16ClN3O2. The van der Waals surface area contributed by atoms with Crippen molar-refractivity contribution < 1.29 is 9.53 Å². The topological polar surface area (TPSA) is 77.2 Å². The molecule has 0 saturated carbocycles. The fourth-order valence-corrected chi connectivity index (χ4v) is 2.19. The maximum absolute atomic E-state index is 12.1. The number of rotatable bonds is 2. The molecule has 1 aromatic rings. The van der Waals surface area contributed by atoms with Gasteiger partial charge in [0.05, 0.1) is 29.6 Å². The molecule has 1 saturated heterocycles. The second-order valence-corrected chi connectivity index (χ2v) is 5.14. The number of nitrogens with zero attached hydrogens (tertiary/aromatic N) is 1. The quantitative estimate of drug-likeness (QED) is 0.800. The number of pyridine rings is 1. The zero-order valence-corrected chi connectivity index (χ0v) is 11.0. The number of carbonyl (C=O) groups is 1. The lowest BCUT2D eigenvalue weighted by atomic mass is 9.94. The summed E-state index contributed by atoms with van der Waals surface area (Å²) >= 11 is 5.90. The summed E-state index contributed by atoms with van der Waals surface area (Å²) in [7, 11) is 0. The van der Waals surface area contributed by atoms with Crippen LogP contribution in [0.15, 0.2) is 12.3 Å². The van der Waals surface area contributed by atoms with Gasteiger partial charge in [-0.2, -0.15) is 0 Å². The van der Waals surface area contributed by atoms with Gasteiger partial charge in [-0.05, 0) is 25.8 Å². The van der Waals surface area contributed by atoms with Crippen LogP contribution in [-0.2, 0) is 4.74 Å². The number of nitrogen functional groups attached to an aromatic ring is 1. The number of nitrogens with one attached hydrogen (secondary N) is 1. The number of anilines is 1. The van der Waals surface area contributed by atoms with Crippen molar-refractivity contribution in [2.45, 2.75) is 25.3 Å². The highest BCUT2D eigenvalue weighted by Crippen LogP contribution is 2.21. The average molecular weight is 270 g/mol. The molecule has 0 spiro atoms. The van der Waals surface area contributed by atoms with Crippen molar-refractivity contribution >= 4 is 23.2 Å². The van der Waals surface area contributed by atoms with Gasteiger partial charge in [0.15, 0.2) is 0 Å². The van der Waals surface area contributed by atoms with Crippen molar-refractivity contribution in [2.24, 2.45) is 0 Å². The summed E-state index contributed by atoms with van der Waals surface area (Å²) in [6.07, 6.45) is 3.23. The van der Waals surface area contributed by atoms with E-state index in [2.05, 4.69) is 10.3 Å². The molecule has 0 radical (unpaired) electrons. The maximum atomic E-state index is 12.1. The van der Waals surface area contributed by atoms with E-state index >= 15 is 0 Å². The van der Waals surface area contributed by atoms with Gasteiger partial charge in [0, 0.05) is 6.61 Å². The van der Waals surface area contributed by atoms with Crippen LogP contribution >= 0.6 is 11.6 Å². The minimum atomic E-state index is -0.358. The summed E-state index contributed by atoms with van der Waals surface area (Å²) < 4.78 is 5.39. The van der Waals surface area contributed by atoms with Gasteiger partial charge in [-0.15, -0.1) is 0 Å². The summed E-state index contributed by atoms with van der Waals surface area (Å²) in [5.74, 6) is -0.271. The predicted molar refractivity (Wildman–Crippen MR) is 69.6 cm³/mol. The summed E-state index contributed by atoms with van der Waals surface area (Å²) in [5.41, 5.74) is 5.95. The second-order valence-electron chi connectivity index (χ2n) is 4.78. The monoisotopic (exact) mass is 269 g/mol. The molecule has 2 rings (SSSR count). The molecule has 0 aliphatic carbocycles. The van der Waals surface area contributed by atoms with Crippen molar-refractivity contribution in [1.82, 2.24) is 10.3 Å². The van der Waals surface area contributed by atoms with Gasteiger partial charge in [-0.25, -0.2) is 4.98 Å². The van der Waals surface area contributed by atoms with Crippen LogP contribution in [0.5, 0.6) is 0 Å². The third kappa shape index (κ3) is 2.91. The van der Waals surface area contributed by atoms with Crippen molar-refractivity contribution in [2.75, 3.05) is 18.9 Å². The Morgan fingerprint density at radius 1 is 1.67 bits per heavy atom. The normalized spacial score (nSPS) is 23.7. The molecule has 1 unspecified atom stereocenters. The van der Waals surface area contributed by atoms with Gasteiger partial charge < -0.3 is 15.8 Å². The van der Waals surface area contributed by atoms with Gasteiger partial charge in [-0.3, -0.25) is 4.79 Å². The van der Waals surface area contributed by atoms with Gasteiger partial charge in [0.25, 0.3) is 5.91 Å². The van der Waals surface area contributed by atoms with Crippen LogP contribution in [0.4, 0.5) is 5.69 Å². The van der Waals surface area contributed by atoms with Gasteiger partial charge >= 0.3 is 0 Å². The van der Waals surface area contributed by atoms with E-state index in [0.717, 1.165) is 19.4 Å². The van der Waals surface area contributed by atoms with Crippen LogP contribution in [0.2, 0.25) is 5.15 Å². The minimum Gasteiger partial charge on any atom is -0.397 e. The van der Waals surface area contributed by atoms with Crippen LogP contribution < -0.4 is 11.1 Å². The van der Waals surface area contributed by atoms with E-state index in [1.807, 2.05) is 6.92 Å². The Balaban J connectivity index is 2.14. The maximum Gasteiger partial charge on any atom is 0.254 e. The van der Waals surface area contributed by atoms with E-state index in [9.17, 15) is 4.79 Å². The van der Waals surface area contributed by atoms with Crippen molar-refractivity contribution in [3.8, 4) is 0 Å². The Hall–Kier alpha value is -1.33.